The summed E-state index contributed by atoms with van der Waals surface area (Å²) < 4.78 is 5.15. The summed E-state index contributed by atoms with van der Waals surface area (Å²) in [7, 11) is 1.53. The van der Waals surface area contributed by atoms with Crippen molar-refractivity contribution in [3.05, 3.63) is 35.2 Å². The minimum absolute atomic E-state index is 0.251. The molecule has 94 valence electrons. The third-order valence-corrected chi connectivity index (χ3v) is 2.42. The molecule has 6 heteroatoms. The van der Waals surface area contributed by atoms with Crippen LogP contribution in [0.1, 0.15) is 21.7 Å². The zero-order valence-electron chi connectivity index (χ0n) is 10.4. The van der Waals surface area contributed by atoms with E-state index in [-0.39, 0.29) is 11.9 Å². The van der Waals surface area contributed by atoms with Gasteiger partial charge in [-0.1, -0.05) is 11.6 Å². The van der Waals surface area contributed by atoms with Gasteiger partial charge in [0, 0.05) is 0 Å². The van der Waals surface area contributed by atoms with Gasteiger partial charge in [-0.3, -0.25) is 15.2 Å². The largest absolute Gasteiger partial charge is 0.496 e. The summed E-state index contributed by atoms with van der Waals surface area (Å²) in [5.74, 6) is 1.11. The molecule has 1 heterocycles. The van der Waals surface area contributed by atoms with Gasteiger partial charge in [0.25, 0.3) is 5.91 Å². The van der Waals surface area contributed by atoms with Crippen LogP contribution in [-0.4, -0.2) is 28.2 Å². The topological polar surface area (TPSA) is 79.9 Å². The molecular weight excluding hydrogens is 232 g/mol. The van der Waals surface area contributed by atoms with Crippen molar-refractivity contribution in [3.63, 3.8) is 0 Å². The van der Waals surface area contributed by atoms with Gasteiger partial charge in [-0.2, -0.15) is 4.98 Å². The van der Waals surface area contributed by atoms with E-state index in [0.29, 0.717) is 17.1 Å². The Morgan fingerprint density at radius 1 is 1.39 bits per heavy atom. The Labute approximate surface area is 104 Å². The minimum Gasteiger partial charge on any atom is -0.496 e. The van der Waals surface area contributed by atoms with Gasteiger partial charge in [0.2, 0.25) is 5.95 Å². The molecule has 1 aromatic heterocycles. The number of benzene rings is 1. The lowest BCUT2D eigenvalue weighted by atomic mass is 10.1. The molecule has 0 atom stereocenters. The van der Waals surface area contributed by atoms with Crippen LogP contribution in [-0.2, 0) is 0 Å². The maximum absolute atomic E-state index is 12.1. The van der Waals surface area contributed by atoms with Crippen LogP contribution in [0.15, 0.2) is 18.2 Å². The highest BCUT2D eigenvalue weighted by molar-refractivity contribution is 6.05. The fraction of sp³-hybridized carbons (Fsp3) is 0.250. The number of carbonyl (C=O) groups excluding carboxylic acids is 1. The number of aromatic amines is 1. The van der Waals surface area contributed by atoms with Gasteiger partial charge in [0.05, 0.1) is 12.7 Å². The number of ether oxygens (including phenoxy) is 1. The molecule has 0 saturated heterocycles. The number of hydrogen-bond acceptors (Lipinski definition) is 4. The van der Waals surface area contributed by atoms with Gasteiger partial charge in [0.15, 0.2) is 0 Å². The van der Waals surface area contributed by atoms with E-state index in [9.17, 15) is 4.79 Å². The number of nitrogens with one attached hydrogen (secondary N) is 2. The van der Waals surface area contributed by atoms with Crippen molar-refractivity contribution in [2.75, 3.05) is 12.4 Å². The summed E-state index contributed by atoms with van der Waals surface area (Å²) >= 11 is 0. The number of rotatable bonds is 3. The number of methoxy groups -OCH3 is 1. The zero-order chi connectivity index (χ0) is 13.1. The zero-order valence-corrected chi connectivity index (χ0v) is 10.4. The number of amides is 1. The van der Waals surface area contributed by atoms with Gasteiger partial charge in [0.1, 0.15) is 11.6 Å². The first kappa shape index (κ1) is 12.1. The molecule has 6 nitrogen and oxygen atoms in total. The van der Waals surface area contributed by atoms with Gasteiger partial charge in [-0.15, -0.1) is 5.10 Å². The highest BCUT2D eigenvalue weighted by atomic mass is 16.5. The average molecular weight is 246 g/mol. The fourth-order valence-electron chi connectivity index (χ4n) is 1.57. The summed E-state index contributed by atoms with van der Waals surface area (Å²) in [6, 6.07) is 5.40. The van der Waals surface area contributed by atoms with Gasteiger partial charge in [-0.05, 0) is 26.0 Å². The standard InChI is InChI=1S/C12H14N4O2/c1-7-4-5-10(18-3)9(6-7)11(17)14-12-13-8(2)15-16-12/h4-6H,1-3H3,(H2,13,14,15,16,17). The molecule has 0 aliphatic heterocycles. The molecule has 1 amide bonds. The first-order valence-electron chi connectivity index (χ1n) is 5.45. The molecule has 0 fully saturated rings. The summed E-state index contributed by atoms with van der Waals surface area (Å²) in [5.41, 5.74) is 1.44. The van der Waals surface area contributed by atoms with E-state index in [2.05, 4.69) is 20.5 Å². The second kappa shape index (κ2) is 4.87. The van der Waals surface area contributed by atoms with Crippen molar-refractivity contribution < 1.29 is 9.53 Å². The van der Waals surface area contributed by atoms with E-state index in [1.165, 1.54) is 7.11 Å². The van der Waals surface area contributed by atoms with E-state index in [4.69, 9.17) is 4.74 Å². The predicted molar refractivity (Wildman–Crippen MR) is 66.8 cm³/mol. The Kier molecular flexibility index (Phi) is 3.27. The maximum atomic E-state index is 12.1. The molecule has 2 rings (SSSR count). The highest BCUT2D eigenvalue weighted by Crippen LogP contribution is 2.20. The van der Waals surface area contributed by atoms with Crippen LogP contribution in [0.5, 0.6) is 5.75 Å². The summed E-state index contributed by atoms with van der Waals surface area (Å²) in [6.45, 7) is 3.67. The van der Waals surface area contributed by atoms with E-state index in [0.717, 1.165) is 5.56 Å². The molecule has 0 radical (unpaired) electrons. The Morgan fingerprint density at radius 2 is 2.17 bits per heavy atom. The smallest absolute Gasteiger partial charge is 0.261 e. The van der Waals surface area contributed by atoms with Crippen LogP contribution in [0, 0.1) is 13.8 Å². The molecule has 2 N–H and O–H groups in total. The van der Waals surface area contributed by atoms with Crippen molar-refractivity contribution in [1.82, 2.24) is 15.2 Å². The third kappa shape index (κ3) is 2.48. The molecule has 1 aromatic carbocycles. The van der Waals surface area contributed by atoms with Crippen molar-refractivity contribution in [3.8, 4) is 5.75 Å². The molecule has 0 bridgehead atoms. The number of carbonyl (C=O) groups is 1. The Bertz CT molecular complexity index is 577. The molecule has 0 unspecified atom stereocenters. The third-order valence-electron chi connectivity index (χ3n) is 2.42. The second-order valence-corrected chi connectivity index (χ2v) is 3.90. The maximum Gasteiger partial charge on any atom is 0.261 e. The lowest BCUT2D eigenvalue weighted by Crippen LogP contribution is -2.14. The molecule has 2 aromatic rings. The quantitative estimate of drug-likeness (QED) is 0.863. The summed E-state index contributed by atoms with van der Waals surface area (Å²) in [4.78, 5) is 16.1. The van der Waals surface area contributed by atoms with Crippen LogP contribution in [0.2, 0.25) is 0 Å². The van der Waals surface area contributed by atoms with Crippen LogP contribution in [0.3, 0.4) is 0 Å². The van der Waals surface area contributed by atoms with E-state index >= 15 is 0 Å². The van der Waals surface area contributed by atoms with Crippen LogP contribution in [0.4, 0.5) is 5.95 Å². The number of hydrogen-bond donors (Lipinski definition) is 2. The van der Waals surface area contributed by atoms with E-state index < -0.39 is 0 Å². The van der Waals surface area contributed by atoms with Crippen molar-refractivity contribution in [2.45, 2.75) is 13.8 Å². The highest BCUT2D eigenvalue weighted by Gasteiger charge is 2.14. The summed E-state index contributed by atoms with van der Waals surface area (Å²) in [6.07, 6.45) is 0. The van der Waals surface area contributed by atoms with Gasteiger partial charge < -0.3 is 4.74 Å². The molecule has 0 saturated carbocycles. The Morgan fingerprint density at radius 3 is 2.78 bits per heavy atom. The lowest BCUT2D eigenvalue weighted by molar-refractivity contribution is 0.102. The monoisotopic (exact) mass is 246 g/mol. The molecular formula is C12H14N4O2. The molecule has 0 spiro atoms. The number of aryl methyl sites for hydroxylation is 2. The molecule has 0 aliphatic rings. The first-order chi connectivity index (χ1) is 8.60. The summed E-state index contributed by atoms with van der Waals surface area (Å²) in [5, 5.41) is 9.12. The Balaban J connectivity index is 2.25. The fourth-order valence-corrected chi connectivity index (χ4v) is 1.57. The molecule has 18 heavy (non-hydrogen) atoms. The van der Waals surface area contributed by atoms with Crippen molar-refractivity contribution in [2.24, 2.45) is 0 Å². The van der Waals surface area contributed by atoms with Gasteiger partial charge >= 0.3 is 0 Å². The Hall–Kier alpha value is -2.37. The van der Waals surface area contributed by atoms with Gasteiger partial charge in [-0.25, -0.2) is 0 Å². The number of anilines is 1. The van der Waals surface area contributed by atoms with Crippen LogP contribution in [0.25, 0.3) is 0 Å². The predicted octanol–water partition coefficient (Wildman–Crippen LogP) is 1.68. The van der Waals surface area contributed by atoms with Crippen molar-refractivity contribution in [1.29, 1.82) is 0 Å². The SMILES string of the molecule is COc1ccc(C)cc1C(=O)Nc1n[nH]c(C)n1. The first-order valence-corrected chi connectivity index (χ1v) is 5.45. The minimum atomic E-state index is -0.297. The normalized spacial score (nSPS) is 10.2. The lowest BCUT2D eigenvalue weighted by Gasteiger charge is -2.08. The van der Waals surface area contributed by atoms with Crippen LogP contribution < -0.4 is 10.1 Å². The van der Waals surface area contributed by atoms with E-state index in [1.54, 1.807) is 19.1 Å². The van der Waals surface area contributed by atoms with E-state index in [1.807, 2.05) is 13.0 Å². The van der Waals surface area contributed by atoms with Crippen LogP contribution >= 0.6 is 0 Å². The number of nitrogens with zero attached hydrogens (tertiary/aromatic N) is 2. The molecule has 0 aliphatic carbocycles. The number of H-pyrrole nitrogens is 1. The average Bonchev–Trinajstić information content (AvgIpc) is 2.74. The second-order valence-electron chi connectivity index (χ2n) is 3.90. The number of aromatic nitrogens is 3. The van der Waals surface area contributed by atoms with Crippen molar-refractivity contribution >= 4 is 11.9 Å².